The third kappa shape index (κ3) is 4.49. The molecule has 0 aliphatic carbocycles. The SMILES string of the molecule is CC(C)(O)[C@H]1CC[C@](C)([C@@H]2OC(=O)C[C@H]2O[Si](c2ccccc2)(c2ccccc2)C(C)(C)C)O1. The van der Waals surface area contributed by atoms with Gasteiger partial charge in [-0.1, -0.05) is 81.4 Å². The quantitative estimate of drug-likeness (QED) is 0.499. The van der Waals surface area contributed by atoms with Gasteiger partial charge in [0.25, 0.3) is 8.32 Å². The molecule has 0 aromatic heterocycles. The van der Waals surface area contributed by atoms with Crippen LogP contribution >= 0.6 is 0 Å². The van der Waals surface area contributed by atoms with E-state index in [1.807, 2.05) is 19.1 Å². The van der Waals surface area contributed by atoms with Crippen LogP contribution in [-0.4, -0.2) is 48.9 Å². The summed E-state index contributed by atoms with van der Waals surface area (Å²) in [5.41, 5.74) is -1.68. The minimum Gasteiger partial charge on any atom is -0.456 e. The van der Waals surface area contributed by atoms with Crippen molar-refractivity contribution in [2.24, 2.45) is 0 Å². The second kappa shape index (κ2) is 8.90. The molecule has 4 rings (SSSR count). The molecule has 2 fully saturated rings. The molecule has 2 aromatic rings. The molecule has 6 heteroatoms. The molecule has 0 radical (unpaired) electrons. The highest BCUT2D eigenvalue weighted by molar-refractivity contribution is 6.99. The van der Waals surface area contributed by atoms with E-state index in [4.69, 9.17) is 13.9 Å². The standard InChI is InChI=1S/C28H38O5Si/c1-26(2,3)34(20-13-9-7-10-14-20,21-15-11-8-12-16-21)33-22-19-24(29)31-25(22)28(6)18-17-23(32-28)27(4,5)30/h7-16,22-23,25,30H,17-19H2,1-6H3/t22-,23-,25-,28-/m1/s1. The van der Waals surface area contributed by atoms with E-state index in [2.05, 4.69) is 69.3 Å². The fourth-order valence-electron chi connectivity index (χ4n) is 5.64. The van der Waals surface area contributed by atoms with Crippen LogP contribution in [0.4, 0.5) is 0 Å². The van der Waals surface area contributed by atoms with E-state index in [9.17, 15) is 9.90 Å². The Morgan fingerprint density at radius 2 is 1.50 bits per heavy atom. The van der Waals surface area contributed by atoms with Crippen molar-refractivity contribution < 1.29 is 23.8 Å². The summed E-state index contributed by atoms with van der Waals surface area (Å²) >= 11 is 0. The number of carbonyl (C=O) groups excluding carboxylic acids is 1. The largest absolute Gasteiger partial charge is 0.456 e. The molecule has 1 N–H and O–H groups in total. The molecular formula is C28H38O5Si. The summed E-state index contributed by atoms with van der Waals surface area (Å²) in [7, 11) is -2.86. The Morgan fingerprint density at radius 3 is 1.94 bits per heavy atom. The number of esters is 1. The summed E-state index contributed by atoms with van der Waals surface area (Å²) < 4.78 is 19.6. The van der Waals surface area contributed by atoms with Crippen molar-refractivity contribution in [1.29, 1.82) is 0 Å². The van der Waals surface area contributed by atoms with Crippen LogP contribution in [0.5, 0.6) is 0 Å². The second-order valence-electron chi connectivity index (χ2n) is 11.5. The molecule has 0 saturated carbocycles. The highest BCUT2D eigenvalue weighted by Crippen LogP contribution is 2.45. The lowest BCUT2D eigenvalue weighted by molar-refractivity contribution is -0.177. The number of carbonyl (C=O) groups is 1. The van der Waals surface area contributed by atoms with Gasteiger partial charge in [0.1, 0.15) is 5.60 Å². The van der Waals surface area contributed by atoms with Crippen LogP contribution in [0.1, 0.15) is 60.8 Å². The number of ether oxygens (including phenoxy) is 2. The molecule has 2 aliphatic rings. The monoisotopic (exact) mass is 482 g/mol. The maximum Gasteiger partial charge on any atom is 0.308 e. The minimum absolute atomic E-state index is 0.196. The second-order valence-corrected chi connectivity index (χ2v) is 15.8. The minimum atomic E-state index is -2.86. The van der Waals surface area contributed by atoms with Crippen LogP contribution in [0.3, 0.4) is 0 Å². The van der Waals surface area contributed by atoms with Crippen LogP contribution in [0.2, 0.25) is 5.04 Å². The Kier molecular flexibility index (Phi) is 6.57. The molecular weight excluding hydrogens is 444 g/mol. The molecule has 0 spiro atoms. The zero-order valence-corrected chi connectivity index (χ0v) is 22.2. The van der Waals surface area contributed by atoms with Gasteiger partial charge in [0, 0.05) is 0 Å². The smallest absolute Gasteiger partial charge is 0.308 e. The molecule has 34 heavy (non-hydrogen) atoms. The van der Waals surface area contributed by atoms with E-state index in [-0.39, 0.29) is 23.5 Å². The number of rotatable bonds is 6. The Balaban J connectivity index is 1.77. The molecule has 5 nitrogen and oxygen atoms in total. The van der Waals surface area contributed by atoms with Crippen LogP contribution in [0, 0.1) is 0 Å². The van der Waals surface area contributed by atoms with Crippen molar-refractivity contribution in [1.82, 2.24) is 0 Å². The third-order valence-corrected chi connectivity index (χ3v) is 12.5. The van der Waals surface area contributed by atoms with Crippen molar-refractivity contribution in [2.75, 3.05) is 0 Å². The summed E-state index contributed by atoms with van der Waals surface area (Å²) in [6.07, 6.45) is 0.310. The average molecular weight is 483 g/mol. The van der Waals surface area contributed by atoms with Gasteiger partial charge >= 0.3 is 5.97 Å². The lowest BCUT2D eigenvalue weighted by atomic mass is 9.91. The normalized spacial score (nSPS) is 28.2. The van der Waals surface area contributed by atoms with E-state index in [0.29, 0.717) is 12.8 Å². The molecule has 2 heterocycles. The first kappa shape index (κ1) is 25.1. The summed E-state index contributed by atoms with van der Waals surface area (Å²) in [6, 6.07) is 20.8. The van der Waals surface area contributed by atoms with Gasteiger partial charge in [-0.05, 0) is 49.0 Å². The fraction of sp³-hybridized carbons (Fsp3) is 0.536. The van der Waals surface area contributed by atoms with Gasteiger partial charge in [-0.2, -0.15) is 0 Å². The van der Waals surface area contributed by atoms with Gasteiger partial charge in [-0.15, -0.1) is 0 Å². The Bertz CT molecular complexity index is 955. The van der Waals surface area contributed by atoms with E-state index >= 15 is 0 Å². The van der Waals surface area contributed by atoms with Gasteiger partial charge in [-0.3, -0.25) is 4.79 Å². The van der Waals surface area contributed by atoms with Gasteiger partial charge in [0.05, 0.1) is 24.2 Å². The van der Waals surface area contributed by atoms with Crippen molar-refractivity contribution in [3.05, 3.63) is 60.7 Å². The molecule has 0 amide bonds. The van der Waals surface area contributed by atoms with E-state index in [1.54, 1.807) is 13.8 Å². The maximum absolute atomic E-state index is 12.7. The highest BCUT2D eigenvalue weighted by Gasteiger charge is 2.59. The van der Waals surface area contributed by atoms with Gasteiger partial charge < -0.3 is 19.0 Å². The lowest BCUT2D eigenvalue weighted by Crippen LogP contribution is -2.69. The first-order valence-electron chi connectivity index (χ1n) is 12.3. The van der Waals surface area contributed by atoms with Gasteiger partial charge in [-0.25, -0.2) is 0 Å². The maximum atomic E-state index is 12.7. The number of aliphatic hydroxyl groups is 1. The Morgan fingerprint density at radius 1 is 0.971 bits per heavy atom. The van der Waals surface area contributed by atoms with Crippen molar-refractivity contribution in [3.63, 3.8) is 0 Å². The number of hydrogen-bond acceptors (Lipinski definition) is 5. The van der Waals surface area contributed by atoms with Crippen molar-refractivity contribution in [3.8, 4) is 0 Å². The fourth-order valence-corrected chi connectivity index (χ4v) is 10.3. The summed E-state index contributed by atoms with van der Waals surface area (Å²) in [4.78, 5) is 12.7. The third-order valence-electron chi connectivity index (χ3n) is 7.41. The topological polar surface area (TPSA) is 65.0 Å². The van der Waals surface area contributed by atoms with Crippen LogP contribution in [0.25, 0.3) is 0 Å². The first-order valence-corrected chi connectivity index (χ1v) is 14.2. The average Bonchev–Trinajstić information content (AvgIpc) is 3.36. The van der Waals surface area contributed by atoms with Gasteiger partial charge in [0.15, 0.2) is 6.10 Å². The lowest BCUT2D eigenvalue weighted by Gasteiger charge is -2.46. The first-order chi connectivity index (χ1) is 15.9. The molecule has 2 aromatic carbocycles. The summed E-state index contributed by atoms with van der Waals surface area (Å²) in [5.74, 6) is -0.260. The highest BCUT2D eigenvalue weighted by atomic mass is 28.4. The summed E-state index contributed by atoms with van der Waals surface area (Å²) in [5, 5.41) is 12.7. The zero-order chi connectivity index (χ0) is 24.8. The zero-order valence-electron chi connectivity index (χ0n) is 21.2. The molecule has 0 bridgehead atoms. The molecule has 2 aliphatic heterocycles. The van der Waals surface area contributed by atoms with E-state index < -0.39 is 31.7 Å². The van der Waals surface area contributed by atoms with Gasteiger partial charge in [0.2, 0.25) is 0 Å². The Labute approximate surface area is 204 Å². The van der Waals surface area contributed by atoms with Crippen LogP contribution < -0.4 is 10.4 Å². The molecule has 2 saturated heterocycles. The van der Waals surface area contributed by atoms with E-state index in [1.165, 1.54) is 10.4 Å². The Hall–Kier alpha value is -1.99. The van der Waals surface area contributed by atoms with E-state index in [0.717, 1.165) is 0 Å². The number of benzene rings is 2. The predicted octanol–water partition coefficient (Wildman–Crippen LogP) is 3.96. The molecule has 4 atom stereocenters. The van der Waals surface area contributed by atoms with Crippen molar-refractivity contribution in [2.45, 2.75) is 95.4 Å². The number of hydrogen-bond donors (Lipinski definition) is 1. The summed E-state index contributed by atoms with van der Waals surface area (Å²) in [6.45, 7) is 12.2. The van der Waals surface area contributed by atoms with Crippen LogP contribution in [-0.2, 0) is 18.7 Å². The molecule has 0 unspecified atom stereocenters. The number of cyclic esters (lactones) is 1. The predicted molar refractivity (Wildman–Crippen MR) is 136 cm³/mol. The van der Waals surface area contributed by atoms with Crippen LogP contribution in [0.15, 0.2) is 60.7 Å². The molecule has 184 valence electrons. The van der Waals surface area contributed by atoms with Crippen molar-refractivity contribution >= 4 is 24.7 Å².